The number of benzene rings is 2. The number of carboxylic acids is 1. The van der Waals surface area contributed by atoms with Crippen LogP contribution in [0.25, 0.3) is 11.1 Å². The van der Waals surface area contributed by atoms with Crippen molar-refractivity contribution in [1.82, 2.24) is 10.2 Å². The van der Waals surface area contributed by atoms with E-state index in [0.717, 1.165) is 27.2 Å². The van der Waals surface area contributed by atoms with Crippen LogP contribution in [0, 0.1) is 5.92 Å². The molecule has 2 aromatic rings. The number of amides is 2. The molecule has 0 radical (unpaired) electrons. The average Bonchev–Trinajstić information content (AvgIpc) is 3.51. The molecule has 3 atom stereocenters. The highest BCUT2D eigenvalue weighted by Crippen LogP contribution is 2.44. The molecule has 2 fully saturated rings. The van der Waals surface area contributed by atoms with Crippen molar-refractivity contribution in [2.45, 2.75) is 49.6 Å². The standard InChI is InChI=1S/C26H26F2N2O5/c27-26(28)12-22(24(32)33)30(14-26)23(31)19-10-5-11-21(19)29-25(34)35-13-20-17-8-3-1-6-15(17)16-7-2-4-9-18(16)20/h1-4,6-9,19-22H,5,10-14H2,(H,29,34)(H,32,33). The molecule has 3 unspecified atom stereocenters. The van der Waals surface area contributed by atoms with Crippen LogP contribution in [-0.2, 0) is 14.3 Å². The summed E-state index contributed by atoms with van der Waals surface area (Å²) in [5.74, 6) is -6.22. The van der Waals surface area contributed by atoms with Crippen LogP contribution in [0.4, 0.5) is 13.6 Å². The van der Waals surface area contributed by atoms with Crippen molar-refractivity contribution in [2.75, 3.05) is 13.2 Å². The molecule has 1 heterocycles. The minimum atomic E-state index is -3.24. The maximum atomic E-state index is 13.9. The molecule has 1 saturated carbocycles. The van der Waals surface area contributed by atoms with Crippen molar-refractivity contribution in [3.05, 3.63) is 59.7 Å². The zero-order chi connectivity index (χ0) is 24.7. The molecule has 184 valence electrons. The topological polar surface area (TPSA) is 95.9 Å². The molecular formula is C26H26F2N2O5. The summed E-state index contributed by atoms with van der Waals surface area (Å²) in [6, 6.07) is 13.8. The van der Waals surface area contributed by atoms with Gasteiger partial charge in [0.2, 0.25) is 5.91 Å². The second-order valence-corrected chi connectivity index (χ2v) is 9.49. The number of hydrogen-bond acceptors (Lipinski definition) is 4. The van der Waals surface area contributed by atoms with E-state index in [2.05, 4.69) is 5.32 Å². The van der Waals surface area contributed by atoms with Gasteiger partial charge in [0.25, 0.3) is 5.92 Å². The second-order valence-electron chi connectivity index (χ2n) is 9.49. The summed E-state index contributed by atoms with van der Waals surface area (Å²) in [7, 11) is 0. The lowest BCUT2D eigenvalue weighted by atomic mass is 9.98. The molecule has 2 aliphatic carbocycles. The van der Waals surface area contributed by atoms with Crippen molar-refractivity contribution < 1.29 is 33.0 Å². The molecule has 7 nitrogen and oxygen atoms in total. The van der Waals surface area contributed by atoms with Gasteiger partial charge in [-0.05, 0) is 35.1 Å². The monoisotopic (exact) mass is 484 g/mol. The SMILES string of the molecule is O=C(NC1CCCC1C(=O)N1CC(F)(F)CC1C(=O)O)OCC1c2ccccc2-c2ccccc21. The van der Waals surface area contributed by atoms with Gasteiger partial charge in [-0.15, -0.1) is 0 Å². The Bertz CT molecular complexity index is 1120. The van der Waals surface area contributed by atoms with Crippen LogP contribution in [0.3, 0.4) is 0 Å². The number of nitrogens with zero attached hydrogens (tertiary/aromatic N) is 1. The van der Waals surface area contributed by atoms with Crippen LogP contribution in [0.5, 0.6) is 0 Å². The summed E-state index contributed by atoms with van der Waals surface area (Å²) in [6.45, 7) is -0.804. The number of hydrogen-bond donors (Lipinski definition) is 2. The van der Waals surface area contributed by atoms with E-state index in [4.69, 9.17) is 4.74 Å². The van der Waals surface area contributed by atoms with E-state index < -0.39 is 54.9 Å². The fourth-order valence-electron chi connectivity index (χ4n) is 5.70. The van der Waals surface area contributed by atoms with Gasteiger partial charge < -0.3 is 20.1 Å². The van der Waals surface area contributed by atoms with Gasteiger partial charge in [-0.25, -0.2) is 18.4 Å². The van der Waals surface area contributed by atoms with Crippen molar-refractivity contribution in [2.24, 2.45) is 5.92 Å². The minimum Gasteiger partial charge on any atom is -0.480 e. The Hall–Kier alpha value is -3.49. The maximum Gasteiger partial charge on any atom is 0.407 e. The highest BCUT2D eigenvalue weighted by atomic mass is 19.3. The number of likely N-dealkylation sites (tertiary alicyclic amines) is 1. The quantitative estimate of drug-likeness (QED) is 0.669. The Morgan fingerprint density at radius 2 is 1.66 bits per heavy atom. The summed E-state index contributed by atoms with van der Waals surface area (Å²) >= 11 is 0. The first-order valence-corrected chi connectivity index (χ1v) is 11.8. The molecule has 35 heavy (non-hydrogen) atoms. The van der Waals surface area contributed by atoms with Gasteiger partial charge in [0.15, 0.2) is 0 Å². The normalized spacial score (nSPS) is 24.6. The van der Waals surface area contributed by atoms with E-state index in [1.54, 1.807) is 0 Å². The van der Waals surface area contributed by atoms with Crippen LogP contribution in [0.1, 0.15) is 42.7 Å². The van der Waals surface area contributed by atoms with Gasteiger partial charge in [0.1, 0.15) is 12.6 Å². The molecular weight excluding hydrogens is 458 g/mol. The number of rotatable bonds is 5. The smallest absolute Gasteiger partial charge is 0.407 e. The molecule has 2 N–H and O–H groups in total. The molecule has 0 bridgehead atoms. The molecule has 3 aliphatic rings. The number of carbonyl (C=O) groups is 3. The molecule has 1 aliphatic heterocycles. The Labute approximate surface area is 201 Å². The summed E-state index contributed by atoms with van der Waals surface area (Å²) < 4.78 is 33.3. The van der Waals surface area contributed by atoms with Gasteiger partial charge in [-0.1, -0.05) is 55.0 Å². The third-order valence-corrected chi connectivity index (χ3v) is 7.32. The van der Waals surface area contributed by atoms with E-state index >= 15 is 0 Å². The third kappa shape index (κ3) is 4.35. The number of fused-ring (bicyclic) bond motifs is 3. The van der Waals surface area contributed by atoms with Crippen LogP contribution < -0.4 is 5.32 Å². The average molecular weight is 484 g/mol. The number of alkyl carbamates (subject to hydrolysis) is 1. The van der Waals surface area contributed by atoms with Gasteiger partial charge in [-0.2, -0.15) is 0 Å². The first-order chi connectivity index (χ1) is 16.7. The van der Waals surface area contributed by atoms with Crippen LogP contribution in [-0.4, -0.2) is 59.1 Å². The largest absolute Gasteiger partial charge is 0.480 e. The Morgan fingerprint density at radius 3 is 2.29 bits per heavy atom. The first-order valence-electron chi connectivity index (χ1n) is 11.8. The predicted molar refractivity (Wildman–Crippen MR) is 122 cm³/mol. The Balaban J connectivity index is 1.24. The second kappa shape index (κ2) is 8.94. The minimum absolute atomic E-state index is 0.114. The number of nitrogens with one attached hydrogen (secondary N) is 1. The molecule has 2 amide bonds. The lowest BCUT2D eigenvalue weighted by molar-refractivity contribution is -0.150. The lowest BCUT2D eigenvalue weighted by Crippen LogP contribution is -2.49. The van der Waals surface area contributed by atoms with Crippen LogP contribution in [0.15, 0.2) is 48.5 Å². The molecule has 0 aromatic heterocycles. The summed E-state index contributed by atoms with van der Waals surface area (Å²) in [6.07, 6.45) is -0.0830. The zero-order valence-corrected chi connectivity index (χ0v) is 19.0. The van der Waals surface area contributed by atoms with E-state index in [0.29, 0.717) is 19.3 Å². The van der Waals surface area contributed by atoms with E-state index in [1.165, 1.54) is 0 Å². The van der Waals surface area contributed by atoms with Crippen LogP contribution in [0.2, 0.25) is 0 Å². The van der Waals surface area contributed by atoms with Crippen molar-refractivity contribution in [3.8, 4) is 11.1 Å². The molecule has 9 heteroatoms. The fourth-order valence-corrected chi connectivity index (χ4v) is 5.70. The number of alkyl halides is 2. The van der Waals surface area contributed by atoms with Gasteiger partial charge in [0.05, 0.1) is 12.5 Å². The van der Waals surface area contributed by atoms with E-state index in [9.17, 15) is 28.3 Å². The lowest BCUT2D eigenvalue weighted by Gasteiger charge is -2.27. The van der Waals surface area contributed by atoms with Gasteiger partial charge in [-0.3, -0.25) is 4.79 Å². The summed E-state index contributed by atoms with van der Waals surface area (Å²) in [4.78, 5) is 37.9. The fraction of sp³-hybridized carbons (Fsp3) is 0.423. The molecule has 5 rings (SSSR count). The predicted octanol–water partition coefficient (Wildman–Crippen LogP) is 4.01. The third-order valence-electron chi connectivity index (χ3n) is 7.32. The Morgan fingerprint density at radius 1 is 1.03 bits per heavy atom. The van der Waals surface area contributed by atoms with E-state index in [1.807, 2.05) is 48.5 Å². The zero-order valence-electron chi connectivity index (χ0n) is 19.0. The van der Waals surface area contributed by atoms with Gasteiger partial charge >= 0.3 is 12.1 Å². The van der Waals surface area contributed by atoms with Crippen LogP contribution >= 0.6 is 0 Å². The first kappa shape index (κ1) is 23.3. The maximum absolute atomic E-state index is 13.9. The molecule has 2 aromatic carbocycles. The number of carbonyl (C=O) groups excluding carboxylic acids is 2. The summed E-state index contributed by atoms with van der Waals surface area (Å²) in [5.41, 5.74) is 4.36. The van der Waals surface area contributed by atoms with Crippen molar-refractivity contribution in [1.29, 1.82) is 0 Å². The highest BCUT2D eigenvalue weighted by Gasteiger charge is 2.52. The number of ether oxygens (including phenoxy) is 1. The number of aliphatic carboxylic acids is 1. The molecule has 1 saturated heterocycles. The van der Waals surface area contributed by atoms with Crippen molar-refractivity contribution in [3.63, 3.8) is 0 Å². The number of carboxylic acid groups (broad SMARTS) is 1. The van der Waals surface area contributed by atoms with Gasteiger partial charge in [0, 0.05) is 18.4 Å². The van der Waals surface area contributed by atoms with Crippen molar-refractivity contribution >= 4 is 18.0 Å². The highest BCUT2D eigenvalue weighted by molar-refractivity contribution is 5.87. The summed E-state index contributed by atoms with van der Waals surface area (Å²) in [5, 5.41) is 12.0. The van der Waals surface area contributed by atoms with E-state index in [-0.39, 0.29) is 12.5 Å². The number of halogens is 2. The Kier molecular flexibility index (Phi) is 5.94. The molecule has 0 spiro atoms.